The molecule has 1 heterocycles. The molecule has 0 aliphatic heterocycles. The molecule has 3 aromatic rings. The number of ether oxygens (including phenoxy) is 2. The van der Waals surface area contributed by atoms with Gasteiger partial charge in [-0.3, -0.25) is 0 Å². The maximum Gasteiger partial charge on any atom is 0.170 e. The standard InChI is InChI=1S/C19H20ClN3O2/c1-13(2)19-21-18(12-25-16-9-7-14(20)8-10-16)23(22-19)15-5-4-6-17(11-15)24-3/h4-11,13H,12H2,1-3H3. The maximum absolute atomic E-state index is 5.91. The minimum Gasteiger partial charge on any atom is -0.497 e. The van der Waals surface area contributed by atoms with Crippen molar-refractivity contribution in [1.29, 1.82) is 0 Å². The minimum atomic E-state index is 0.223. The Balaban J connectivity index is 1.90. The number of nitrogens with zero attached hydrogens (tertiary/aromatic N) is 3. The number of benzene rings is 2. The van der Waals surface area contributed by atoms with Gasteiger partial charge in [-0.25, -0.2) is 9.67 Å². The molecule has 0 aliphatic carbocycles. The number of rotatable bonds is 6. The van der Waals surface area contributed by atoms with Gasteiger partial charge >= 0.3 is 0 Å². The first-order valence-electron chi connectivity index (χ1n) is 8.05. The summed E-state index contributed by atoms with van der Waals surface area (Å²) in [4.78, 5) is 4.63. The first-order chi connectivity index (χ1) is 12.1. The zero-order chi connectivity index (χ0) is 17.8. The van der Waals surface area contributed by atoms with E-state index in [-0.39, 0.29) is 5.92 Å². The van der Waals surface area contributed by atoms with Gasteiger partial charge in [0.1, 0.15) is 18.1 Å². The molecular formula is C19H20ClN3O2. The minimum absolute atomic E-state index is 0.223. The van der Waals surface area contributed by atoms with E-state index in [4.69, 9.17) is 21.1 Å². The lowest BCUT2D eigenvalue weighted by atomic mass is 10.2. The fourth-order valence-electron chi connectivity index (χ4n) is 2.33. The molecule has 0 aliphatic rings. The van der Waals surface area contributed by atoms with Crippen molar-refractivity contribution in [3.8, 4) is 17.2 Å². The summed E-state index contributed by atoms with van der Waals surface area (Å²) in [6, 6.07) is 15.0. The van der Waals surface area contributed by atoms with Crippen molar-refractivity contribution in [3.05, 3.63) is 65.2 Å². The Labute approximate surface area is 152 Å². The van der Waals surface area contributed by atoms with E-state index in [1.807, 2.05) is 36.4 Å². The van der Waals surface area contributed by atoms with E-state index in [9.17, 15) is 0 Å². The summed E-state index contributed by atoms with van der Waals surface area (Å²) in [5.74, 6) is 3.23. The number of hydrogen-bond acceptors (Lipinski definition) is 4. The highest BCUT2D eigenvalue weighted by atomic mass is 35.5. The predicted octanol–water partition coefficient (Wildman–Crippen LogP) is 4.63. The number of halogens is 1. The number of aromatic nitrogens is 3. The molecule has 0 amide bonds. The molecule has 5 nitrogen and oxygen atoms in total. The van der Waals surface area contributed by atoms with Crippen LogP contribution in [0, 0.1) is 0 Å². The molecule has 0 N–H and O–H groups in total. The fourth-order valence-corrected chi connectivity index (χ4v) is 2.45. The average Bonchev–Trinajstić information content (AvgIpc) is 3.06. The van der Waals surface area contributed by atoms with Crippen LogP contribution in [0.1, 0.15) is 31.4 Å². The molecule has 1 aromatic heterocycles. The quantitative estimate of drug-likeness (QED) is 0.645. The second-order valence-electron chi connectivity index (χ2n) is 5.90. The maximum atomic E-state index is 5.91. The first kappa shape index (κ1) is 17.3. The topological polar surface area (TPSA) is 49.2 Å². The lowest BCUT2D eigenvalue weighted by Crippen LogP contribution is -2.07. The van der Waals surface area contributed by atoms with E-state index in [1.54, 1.807) is 23.9 Å². The summed E-state index contributed by atoms with van der Waals surface area (Å²) in [6.07, 6.45) is 0. The smallest absolute Gasteiger partial charge is 0.170 e. The van der Waals surface area contributed by atoms with Crippen LogP contribution in [-0.4, -0.2) is 21.9 Å². The third-order valence-corrected chi connectivity index (χ3v) is 3.94. The number of hydrogen-bond donors (Lipinski definition) is 0. The monoisotopic (exact) mass is 357 g/mol. The normalized spacial score (nSPS) is 10.9. The molecule has 0 bridgehead atoms. The third-order valence-electron chi connectivity index (χ3n) is 3.69. The first-order valence-corrected chi connectivity index (χ1v) is 8.43. The van der Waals surface area contributed by atoms with E-state index in [0.717, 1.165) is 28.8 Å². The highest BCUT2D eigenvalue weighted by molar-refractivity contribution is 6.30. The van der Waals surface area contributed by atoms with Gasteiger partial charge in [0, 0.05) is 17.0 Å². The third kappa shape index (κ3) is 4.12. The largest absolute Gasteiger partial charge is 0.497 e. The van der Waals surface area contributed by atoms with Gasteiger partial charge in [0.25, 0.3) is 0 Å². The Morgan fingerprint density at radius 2 is 1.84 bits per heavy atom. The lowest BCUT2D eigenvalue weighted by molar-refractivity contribution is 0.292. The molecule has 2 aromatic carbocycles. The van der Waals surface area contributed by atoms with Crippen molar-refractivity contribution in [2.24, 2.45) is 0 Å². The lowest BCUT2D eigenvalue weighted by Gasteiger charge is -2.09. The fraction of sp³-hybridized carbons (Fsp3) is 0.263. The van der Waals surface area contributed by atoms with Crippen LogP contribution in [-0.2, 0) is 6.61 Å². The van der Waals surface area contributed by atoms with E-state index >= 15 is 0 Å². The molecule has 0 fully saturated rings. The molecule has 0 radical (unpaired) electrons. The molecule has 130 valence electrons. The van der Waals surface area contributed by atoms with E-state index in [2.05, 4.69) is 23.9 Å². The molecule has 0 saturated carbocycles. The van der Waals surface area contributed by atoms with E-state index in [1.165, 1.54) is 0 Å². The summed E-state index contributed by atoms with van der Waals surface area (Å²) < 4.78 is 13.0. The van der Waals surface area contributed by atoms with Crippen molar-refractivity contribution < 1.29 is 9.47 Å². The van der Waals surface area contributed by atoms with Crippen LogP contribution < -0.4 is 9.47 Å². The van der Waals surface area contributed by atoms with Gasteiger partial charge in [-0.05, 0) is 36.4 Å². The van der Waals surface area contributed by atoms with Crippen molar-refractivity contribution in [2.75, 3.05) is 7.11 Å². The highest BCUT2D eigenvalue weighted by Crippen LogP contribution is 2.21. The summed E-state index contributed by atoms with van der Waals surface area (Å²) in [5.41, 5.74) is 0.883. The van der Waals surface area contributed by atoms with Crippen LogP contribution in [0.25, 0.3) is 5.69 Å². The van der Waals surface area contributed by atoms with Crippen LogP contribution in [0.5, 0.6) is 11.5 Å². The second kappa shape index (κ2) is 7.57. The van der Waals surface area contributed by atoms with Crippen LogP contribution >= 0.6 is 11.6 Å². The zero-order valence-electron chi connectivity index (χ0n) is 14.4. The van der Waals surface area contributed by atoms with Gasteiger partial charge < -0.3 is 9.47 Å². The number of methoxy groups -OCH3 is 1. The molecule has 3 rings (SSSR count). The highest BCUT2D eigenvalue weighted by Gasteiger charge is 2.15. The molecule has 25 heavy (non-hydrogen) atoms. The Kier molecular flexibility index (Phi) is 5.24. The SMILES string of the molecule is COc1cccc(-n2nc(C(C)C)nc2COc2ccc(Cl)cc2)c1. The summed E-state index contributed by atoms with van der Waals surface area (Å²) in [7, 11) is 1.64. The predicted molar refractivity (Wildman–Crippen MR) is 97.8 cm³/mol. The second-order valence-corrected chi connectivity index (χ2v) is 6.33. The van der Waals surface area contributed by atoms with Crippen molar-refractivity contribution in [3.63, 3.8) is 0 Å². The molecule has 6 heteroatoms. The van der Waals surface area contributed by atoms with Crippen LogP contribution in [0.3, 0.4) is 0 Å². The Morgan fingerprint density at radius 1 is 1.08 bits per heavy atom. The van der Waals surface area contributed by atoms with Gasteiger partial charge in [-0.1, -0.05) is 31.5 Å². The van der Waals surface area contributed by atoms with Gasteiger partial charge in [0.2, 0.25) is 0 Å². The summed E-state index contributed by atoms with van der Waals surface area (Å²) >= 11 is 5.91. The van der Waals surface area contributed by atoms with Gasteiger partial charge in [0.05, 0.1) is 12.8 Å². The van der Waals surface area contributed by atoms with Crippen molar-refractivity contribution in [1.82, 2.24) is 14.8 Å². The Morgan fingerprint density at radius 3 is 2.52 bits per heavy atom. The van der Waals surface area contributed by atoms with Crippen LogP contribution in [0.4, 0.5) is 0 Å². The Hall–Kier alpha value is -2.53. The van der Waals surface area contributed by atoms with E-state index < -0.39 is 0 Å². The Bertz CT molecular complexity index is 844. The van der Waals surface area contributed by atoms with Gasteiger partial charge in [-0.2, -0.15) is 5.10 Å². The molecular weight excluding hydrogens is 338 g/mol. The molecule has 0 saturated heterocycles. The molecule has 0 spiro atoms. The van der Waals surface area contributed by atoms with Crippen molar-refractivity contribution in [2.45, 2.75) is 26.4 Å². The summed E-state index contributed by atoms with van der Waals surface area (Å²) in [5, 5.41) is 5.31. The molecule has 0 atom stereocenters. The van der Waals surface area contributed by atoms with Crippen molar-refractivity contribution >= 4 is 11.6 Å². The van der Waals surface area contributed by atoms with Gasteiger partial charge in [0.15, 0.2) is 11.6 Å². The van der Waals surface area contributed by atoms with E-state index in [0.29, 0.717) is 11.6 Å². The van der Waals surface area contributed by atoms with Gasteiger partial charge in [-0.15, -0.1) is 0 Å². The molecule has 0 unspecified atom stereocenters. The van der Waals surface area contributed by atoms with Crippen LogP contribution in [0.2, 0.25) is 5.02 Å². The zero-order valence-corrected chi connectivity index (χ0v) is 15.2. The summed E-state index contributed by atoms with van der Waals surface area (Å²) in [6.45, 7) is 4.43. The van der Waals surface area contributed by atoms with Crippen LogP contribution in [0.15, 0.2) is 48.5 Å². The average molecular weight is 358 g/mol.